The second-order valence-electron chi connectivity index (χ2n) is 10.5. The molecule has 7 atom stereocenters. The molecule has 0 N–H and O–H groups in total. The first-order valence-corrected chi connectivity index (χ1v) is 11.7. The van der Waals surface area contributed by atoms with Gasteiger partial charge in [0.1, 0.15) is 17.9 Å². The molecule has 3 saturated heterocycles. The van der Waals surface area contributed by atoms with E-state index in [1.165, 1.54) is 38.8 Å². The number of Topliss-reactive ketones (excluding diaryl/α,β-unsaturated/α-hetero) is 1. The molecule has 2 saturated carbocycles. The lowest BCUT2D eigenvalue weighted by Crippen LogP contribution is -2.48. The number of likely N-dealkylation sites (tertiary alicyclic amines) is 2. The molecule has 2 unspecified atom stereocenters. The van der Waals surface area contributed by atoms with Crippen molar-refractivity contribution in [1.29, 1.82) is 0 Å². The van der Waals surface area contributed by atoms with Crippen LogP contribution in [0.2, 0.25) is 0 Å². The summed E-state index contributed by atoms with van der Waals surface area (Å²) < 4.78 is 6.11. The van der Waals surface area contributed by atoms with Gasteiger partial charge in [-0.3, -0.25) is 14.5 Å². The van der Waals surface area contributed by atoms with Gasteiger partial charge in [0.2, 0.25) is 0 Å². The summed E-state index contributed by atoms with van der Waals surface area (Å²) in [5.41, 5.74) is -0.491. The minimum absolute atomic E-state index is 0.0535. The van der Waals surface area contributed by atoms with Gasteiger partial charge in [-0.25, -0.2) is 0 Å². The van der Waals surface area contributed by atoms with Gasteiger partial charge in [0.05, 0.1) is 5.41 Å². The second kappa shape index (κ2) is 7.09. The largest absolute Gasteiger partial charge is 0.460 e. The van der Waals surface area contributed by atoms with E-state index in [1.807, 2.05) is 0 Å². The SMILES string of the molecule is C[C@H]1CC[C@H]2C(N3CCCC3)C(=O)O[C@H]2[C@]2(C)C(=O)CC(CN3CCCC3)[C@@H]12. The van der Waals surface area contributed by atoms with Crippen molar-refractivity contribution in [2.75, 3.05) is 32.7 Å². The molecule has 5 fully saturated rings. The summed E-state index contributed by atoms with van der Waals surface area (Å²) in [6.07, 6.45) is 7.54. The van der Waals surface area contributed by atoms with Crippen molar-refractivity contribution in [2.45, 2.75) is 70.9 Å². The maximum atomic E-state index is 13.5. The van der Waals surface area contributed by atoms with Crippen LogP contribution >= 0.6 is 0 Å². The molecule has 5 heteroatoms. The summed E-state index contributed by atoms with van der Waals surface area (Å²) in [4.78, 5) is 31.3. The number of rotatable bonds is 3. The zero-order chi connectivity index (χ0) is 19.5. The number of ether oxygens (including phenoxy) is 1. The highest BCUT2D eigenvalue weighted by atomic mass is 16.6. The number of carbonyl (C=O) groups is 2. The summed E-state index contributed by atoms with van der Waals surface area (Å²) in [5, 5.41) is 0. The first kappa shape index (κ1) is 19.0. The Morgan fingerprint density at radius 1 is 1.04 bits per heavy atom. The molecule has 0 aromatic carbocycles. The second-order valence-corrected chi connectivity index (χ2v) is 10.5. The average molecular weight is 389 g/mol. The van der Waals surface area contributed by atoms with Crippen LogP contribution in [0.25, 0.3) is 0 Å². The summed E-state index contributed by atoms with van der Waals surface area (Å²) in [5.74, 6) is 1.79. The monoisotopic (exact) mass is 388 g/mol. The third-order valence-electron chi connectivity index (χ3n) is 8.91. The highest BCUT2D eigenvalue weighted by molar-refractivity contribution is 5.90. The molecule has 5 rings (SSSR count). The predicted molar refractivity (Wildman–Crippen MR) is 107 cm³/mol. The molecular weight excluding hydrogens is 352 g/mol. The van der Waals surface area contributed by atoms with Gasteiger partial charge in [0.25, 0.3) is 0 Å². The maximum absolute atomic E-state index is 13.5. The molecule has 0 aromatic rings. The van der Waals surface area contributed by atoms with E-state index in [0.29, 0.717) is 30.0 Å². The zero-order valence-electron chi connectivity index (χ0n) is 17.6. The van der Waals surface area contributed by atoms with Gasteiger partial charge in [0.15, 0.2) is 0 Å². The van der Waals surface area contributed by atoms with Gasteiger partial charge >= 0.3 is 5.97 Å². The number of fused-ring (bicyclic) bond motifs is 3. The third-order valence-corrected chi connectivity index (χ3v) is 8.91. The molecule has 5 aliphatic rings. The van der Waals surface area contributed by atoms with E-state index in [0.717, 1.165) is 32.5 Å². The molecule has 5 nitrogen and oxygen atoms in total. The van der Waals surface area contributed by atoms with E-state index in [1.54, 1.807) is 0 Å². The number of hydrogen-bond donors (Lipinski definition) is 0. The van der Waals surface area contributed by atoms with Crippen molar-refractivity contribution < 1.29 is 14.3 Å². The van der Waals surface area contributed by atoms with Gasteiger partial charge in [-0.15, -0.1) is 0 Å². The standard InChI is InChI=1S/C23H36N2O3/c1-15-7-8-17-20(25-11-5-6-12-25)22(27)28-21(17)23(2)18(26)13-16(19(15)23)14-24-9-3-4-10-24/h15-17,19-21H,3-14H2,1-2H3/t15-,16?,17-,19+,20?,21+,23+/m0/s1. The van der Waals surface area contributed by atoms with Gasteiger partial charge < -0.3 is 9.64 Å². The molecule has 0 spiro atoms. The fourth-order valence-corrected chi connectivity index (χ4v) is 7.71. The molecule has 2 aliphatic carbocycles. The van der Waals surface area contributed by atoms with Crippen LogP contribution in [0.4, 0.5) is 0 Å². The van der Waals surface area contributed by atoms with Crippen LogP contribution in [0, 0.1) is 29.1 Å². The Bertz CT molecular complexity index is 640. The Morgan fingerprint density at radius 2 is 1.71 bits per heavy atom. The first-order chi connectivity index (χ1) is 13.5. The molecule has 3 heterocycles. The fraction of sp³-hybridized carbons (Fsp3) is 0.913. The quantitative estimate of drug-likeness (QED) is 0.696. The van der Waals surface area contributed by atoms with E-state index < -0.39 is 5.41 Å². The van der Waals surface area contributed by atoms with Crippen molar-refractivity contribution in [3.05, 3.63) is 0 Å². The van der Waals surface area contributed by atoms with Gasteiger partial charge in [0, 0.05) is 18.9 Å². The van der Waals surface area contributed by atoms with Crippen LogP contribution in [0.3, 0.4) is 0 Å². The molecule has 0 amide bonds. The van der Waals surface area contributed by atoms with Crippen molar-refractivity contribution in [2.24, 2.45) is 29.1 Å². The van der Waals surface area contributed by atoms with Crippen molar-refractivity contribution in [3.63, 3.8) is 0 Å². The Labute approximate surface area is 169 Å². The van der Waals surface area contributed by atoms with Crippen LogP contribution in [0.5, 0.6) is 0 Å². The highest BCUT2D eigenvalue weighted by Gasteiger charge is 2.65. The minimum atomic E-state index is -0.491. The summed E-state index contributed by atoms with van der Waals surface area (Å²) in [7, 11) is 0. The molecule has 3 aliphatic heterocycles. The molecular formula is C23H36N2O3. The first-order valence-electron chi connectivity index (χ1n) is 11.7. The van der Waals surface area contributed by atoms with E-state index in [4.69, 9.17) is 4.74 Å². The Hall–Kier alpha value is -0.940. The fourth-order valence-electron chi connectivity index (χ4n) is 7.71. The molecule has 28 heavy (non-hydrogen) atoms. The lowest BCUT2D eigenvalue weighted by atomic mass is 9.66. The number of nitrogens with zero attached hydrogens (tertiary/aromatic N) is 2. The predicted octanol–water partition coefficient (Wildman–Crippen LogP) is 2.73. The molecule has 0 bridgehead atoms. The van der Waals surface area contributed by atoms with Crippen LogP contribution in [0.15, 0.2) is 0 Å². The lowest BCUT2D eigenvalue weighted by Gasteiger charge is -2.40. The lowest BCUT2D eigenvalue weighted by molar-refractivity contribution is -0.154. The average Bonchev–Trinajstić information content (AvgIpc) is 3.41. The Kier molecular flexibility index (Phi) is 4.82. The molecule has 0 aromatic heterocycles. The van der Waals surface area contributed by atoms with Gasteiger partial charge in [-0.05, 0) is 89.4 Å². The Morgan fingerprint density at radius 3 is 2.43 bits per heavy atom. The van der Waals surface area contributed by atoms with Crippen molar-refractivity contribution >= 4 is 11.8 Å². The topological polar surface area (TPSA) is 49.9 Å². The van der Waals surface area contributed by atoms with Crippen LogP contribution in [-0.2, 0) is 14.3 Å². The normalized spacial score (nSPS) is 47.2. The smallest absolute Gasteiger partial charge is 0.324 e. The highest BCUT2D eigenvalue weighted by Crippen LogP contribution is 2.58. The van der Waals surface area contributed by atoms with E-state index in [2.05, 4.69) is 23.6 Å². The van der Waals surface area contributed by atoms with E-state index in [9.17, 15) is 9.59 Å². The summed E-state index contributed by atoms with van der Waals surface area (Å²) in [6, 6.07) is -0.110. The maximum Gasteiger partial charge on any atom is 0.324 e. The third kappa shape index (κ3) is 2.79. The van der Waals surface area contributed by atoms with Crippen molar-refractivity contribution in [3.8, 4) is 0 Å². The minimum Gasteiger partial charge on any atom is -0.460 e. The number of carbonyl (C=O) groups excluding carboxylic acids is 2. The van der Waals surface area contributed by atoms with Crippen LogP contribution in [-0.4, -0.2) is 66.4 Å². The summed E-state index contributed by atoms with van der Waals surface area (Å²) >= 11 is 0. The zero-order valence-corrected chi connectivity index (χ0v) is 17.6. The van der Waals surface area contributed by atoms with E-state index >= 15 is 0 Å². The van der Waals surface area contributed by atoms with Gasteiger partial charge in [-0.1, -0.05) is 6.92 Å². The Balaban J connectivity index is 1.45. The van der Waals surface area contributed by atoms with Crippen LogP contribution in [0.1, 0.15) is 58.8 Å². The molecule has 0 radical (unpaired) electrons. The number of ketones is 1. The van der Waals surface area contributed by atoms with Gasteiger partial charge in [-0.2, -0.15) is 0 Å². The van der Waals surface area contributed by atoms with E-state index in [-0.39, 0.29) is 24.0 Å². The van der Waals surface area contributed by atoms with Crippen LogP contribution < -0.4 is 0 Å². The van der Waals surface area contributed by atoms with Crippen molar-refractivity contribution in [1.82, 2.24) is 9.80 Å². The number of hydrogen-bond acceptors (Lipinski definition) is 5. The summed E-state index contributed by atoms with van der Waals surface area (Å²) in [6.45, 7) is 9.93. The molecule has 156 valence electrons. The number of esters is 1.